The monoisotopic (exact) mass is 1300 g/mol. The molecule has 47 heavy (non-hydrogen) atoms. The van der Waals surface area contributed by atoms with Crippen molar-refractivity contribution in [1.29, 1.82) is 0 Å². The maximum atomic E-state index is 11.5. The molecular weight excluding hydrogens is 1260 g/mol. The van der Waals surface area contributed by atoms with Gasteiger partial charge in [0.05, 0.1) is 14.2 Å². The van der Waals surface area contributed by atoms with Crippen molar-refractivity contribution in [3.8, 4) is 11.5 Å². The molecule has 0 aromatic heterocycles. The Morgan fingerprint density at radius 2 is 1.49 bits per heavy atom. The third kappa shape index (κ3) is 16.5. The van der Waals surface area contributed by atoms with Gasteiger partial charge in [-0.25, -0.2) is 4.79 Å². The van der Waals surface area contributed by atoms with Crippen LogP contribution in [0.5, 0.6) is 11.5 Å². The van der Waals surface area contributed by atoms with Crippen molar-refractivity contribution in [1.82, 2.24) is 4.67 Å². The second-order valence-electron chi connectivity index (χ2n) is 9.88. The van der Waals surface area contributed by atoms with E-state index in [-0.39, 0.29) is 40.7 Å². The van der Waals surface area contributed by atoms with Crippen LogP contribution in [0.4, 0.5) is 0 Å². The molecule has 2 aliphatic heterocycles. The van der Waals surface area contributed by atoms with Crippen LogP contribution in [0.15, 0.2) is 83.9 Å². The van der Waals surface area contributed by atoms with E-state index in [2.05, 4.69) is 114 Å². The molecule has 1 N–H and O–H groups in total. The summed E-state index contributed by atoms with van der Waals surface area (Å²) in [6.07, 6.45) is 3.22. The molecule has 0 spiro atoms. The Hall–Kier alpha value is 1.08. The van der Waals surface area contributed by atoms with Gasteiger partial charge in [-0.15, -0.1) is 0 Å². The fourth-order valence-electron chi connectivity index (χ4n) is 4.84. The first kappa shape index (κ1) is 44.2. The van der Waals surface area contributed by atoms with Crippen molar-refractivity contribution in [2.75, 3.05) is 14.2 Å². The van der Waals surface area contributed by atoms with Crippen LogP contribution in [0.1, 0.15) is 48.4 Å². The molecule has 0 amide bonds. The van der Waals surface area contributed by atoms with Crippen molar-refractivity contribution >= 4 is 127 Å². The Morgan fingerprint density at radius 3 is 2.04 bits per heavy atom. The maximum absolute atomic E-state index is 11.5. The van der Waals surface area contributed by atoms with Crippen molar-refractivity contribution in [2.24, 2.45) is 4.99 Å². The summed E-state index contributed by atoms with van der Waals surface area (Å²) in [5.74, 6) is 0.622. The number of ether oxygens (including phenoxy) is 3. The van der Waals surface area contributed by atoms with Gasteiger partial charge in [-0.3, -0.25) is 14.5 Å². The van der Waals surface area contributed by atoms with Crippen LogP contribution in [0.2, 0.25) is 0 Å². The van der Waals surface area contributed by atoms with Gasteiger partial charge < -0.3 is 19.3 Å². The van der Waals surface area contributed by atoms with E-state index in [1.165, 1.54) is 14.2 Å². The van der Waals surface area contributed by atoms with E-state index < -0.39 is 0 Å². The summed E-state index contributed by atoms with van der Waals surface area (Å²) in [6.45, 7) is 0.547. The Bertz CT molecular complexity index is 1390. The van der Waals surface area contributed by atoms with E-state index in [0.29, 0.717) is 22.5 Å². The molecule has 3 aromatic rings. The molecular formula is C31H35I5N2O6PV2. The van der Waals surface area contributed by atoms with Crippen LogP contribution >= 0.6 is 109 Å². The molecule has 0 radical (unpaired) electrons. The first-order chi connectivity index (χ1) is 22.5. The molecule has 4 atom stereocenters. The number of hydrogen-bond donors (Lipinski definition) is 1. The SMILES string of the molecule is COC(=O)[C@@H]1CCC(c2ccc(OCc3ccccc3)cc2)=N1.COC(=O)[C@@H]1CC[C@H](c2ccc(O)cc2)N1P.[I][V]([I])[I].[I][V][I]. The van der Waals surface area contributed by atoms with Crippen molar-refractivity contribution in [3.05, 3.63) is 95.6 Å². The number of rotatable bonds is 7. The topological polar surface area (TPSA) is 97.7 Å². The van der Waals surface area contributed by atoms with Crippen LogP contribution in [-0.4, -0.2) is 53.7 Å². The molecule has 2 aliphatic rings. The van der Waals surface area contributed by atoms with E-state index in [4.69, 9.17) is 14.2 Å². The predicted octanol–water partition coefficient (Wildman–Crippen LogP) is 9.67. The molecule has 2 heterocycles. The van der Waals surface area contributed by atoms with E-state index in [1.807, 2.05) is 71.4 Å². The number of hydrogen-bond acceptors (Lipinski definition) is 8. The van der Waals surface area contributed by atoms with Gasteiger partial charge in [-0.1, -0.05) is 51.9 Å². The third-order valence-corrected chi connectivity index (χ3v) is 7.78. The van der Waals surface area contributed by atoms with Gasteiger partial charge in [0, 0.05) is 11.8 Å². The Morgan fingerprint density at radius 1 is 0.915 bits per heavy atom. The third-order valence-electron chi connectivity index (χ3n) is 7.06. The van der Waals surface area contributed by atoms with Crippen molar-refractivity contribution in [3.63, 3.8) is 0 Å². The fraction of sp³-hybridized carbons (Fsp3) is 0.323. The number of esters is 2. The molecule has 16 heteroatoms. The normalized spacial score (nSPS) is 18.2. The van der Waals surface area contributed by atoms with Gasteiger partial charge >= 0.3 is 126 Å². The summed E-state index contributed by atoms with van der Waals surface area (Å²) in [4.78, 5) is 27.2. The summed E-state index contributed by atoms with van der Waals surface area (Å²) in [7, 11) is 6.04. The number of aliphatic imine (C=N–C) groups is 1. The van der Waals surface area contributed by atoms with Gasteiger partial charge in [0.1, 0.15) is 30.2 Å². The fourth-order valence-corrected chi connectivity index (χ4v) is 5.43. The van der Waals surface area contributed by atoms with Crippen LogP contribution in [0.3, 0.4) is 0 Å². The first-order valence-electron chi connectivity index (χ1n) is 14.1. The molecule has 8 nitrogen and oxygen atoms in total. The number of phenols is 1. The molecule has 1 fully saturated rings. The van der Waals surface area contributed by atoms with Gasteiger partial charge in [-0.2, -0.15) is 0 Å². The van der Waals surface area contributed by atoms with Crippen LogP contribution < -0.4 is 4.74 Å². The van der Waals surface area contributed by atoms with E-state index in [1.54, 1.807) is 12.1 Å². The molecule has 1 unspecified atom stereocenters. The zero-order chi connectivity index (χ0) is 34.8. The predicted molar refractivity (Wildman–Crippen MR) is 226 cm³/mol. The van der Waals surface area contributed by atoms with E-state index in [9.17, 15) is 14.7 Å². The Labute approximate surface area is 346 Å². The molecule has 3 aromatic carbocycles. The van der Waals surface area contributed by atoms with Gasteiger partial charge in [-0.05, 0) is 78.8 Å². The van der Waals surface area contributed by atoms with E-state index in [0.717, 1.165) is 47.4 Å². The van der Waals surface area contributed by atoms with Crippen molar-refractivity contribution in [2.45, 2.75) is 50.4 Å². The van der Waals surface area contributed by atoms with Gasteiger partial charge in [0.25, 0.3) is 0 Å². The molecule has 0 saturated carbocycles. The summed E-state index contributed by atoms with van der Waals surface area (Å²) in [5.41, 5.74) is 4.22. The Kier molecular flexibility index (Phi) is 23.6. The van der Waals surface area contributed by atoms with Crippen LogP contribution in [-0.2, 0) is 40.1 Å². The number of carbonyl (C=O) groups is 2. The number of phenolic OH excluding ortho intramolecular Hbond substituents is 1. The number of carbonyl (C=O) groups excluding carboxylic acids is 2. The quantitative estimate of drug-likeness (QED) is 0.143. The molecule has 255 valence electrons. The average Bonchev–Trinajstić information content (AvgIpc) is 3.72. The summed E-state index contributed by atoms with van der Waals surface area (Å²) >= 11 is 12.1. The standard InChI is InChI=1S/C19H19NO3.C12H16NO3P.5HI.2V/c1-22-19(21)18-12-11-17(20-18)15-7-9-16(10-8-15)23-13-14-5-3-2-4-6-14;1-16-12(15)11-7-6-10(13(11)17)8-2-4-9(14)5-3-8;;;;;;;/h2-10,18H,11-13H2,1H3;2-5,10-11,14H,6-7,17H2,1H3;5*1H;;/q;;;;;;;+2;+3/p-5/t18-;10-,11+;;;;;;;/m01......./s1. The number of halogens is 5. The van der Waals surface area contributed by atoms with Crippen LogP contribution in [0.25, 0.3) is 0 Å². The zero-order valence-electron chi connectivity index (χ0n) is 25.5. The van der Waals surface area contributed by atoms with Gasteiger partial charge in [0.15, 0.2) is 0 Å². The number of nitrogens with zero attached hydrogens (tertiary/aromatic N) is 2. The van der Waals surface area contributed by atoms with Crippen molar-refractivity contribution < 1.29 is 43.3 Å². The summed E-state index contributed by atoms with van der Waals surface area (Å²) in [5, 5.41) is 9.25. The minimum atomic E-state index is -0.357. The minimum absolute atomic E-state index is 0.185. The average molecular weight is 1300 g/mol. The second kappa shape index (κ2) is 25.1. The molecule has 0 bridgehead atoms. The van der Waals surface area contributed by atoms with Gasteiger partial charge in [0.2, 0.25) is 0 Å². The second-order valence-corrected chi connectivity index (χ2v) is 57.6. The molecule has 0 aliphatic carbocycles. The van der Waals surface area contributed by atoms with E-state index >= 15 is 0 Å². The van der Waals surface area contributed by atoms with Crippen LogP contribution in [0, 0.1) is 0 Å². The zero-order valence-corrected chi connectivity index (χ0v) is 40.3. The number of benzene rings is 3. The molecule has 5 rings (SSSR count). The Balaban J connectivity index is 0.000000281. The summed E-state index contributed by atoms with van der Waals surface area (Å²) < 4.78 is 17.2. The summed E-state index contributed by atoms with van der Waals surface area (Å²) in [6, 6.07) is 24.6. The number of methoxy groups -OCH3 is 2. The number of aromatic hydroxyl groups is 1. The first-order valence-corrected chi connectivity index (χ1v) is 37.1. The molecule has 1 saturated heterocycles.